The van der Waals surface area contributed by atoms with Crippen LogP contribution in [0, 0.1) is 0 Å². The van der Waals surface area contributed by atoms with Crippen LogP contribution in [0.15, 0.2) is 36.5 Å². The third-order valence-corrected chi connectivity index (χ3v) is 13.2. The topological polar surface area (TPSA) is 78.9 Å². The molecular formula is C61H112O6. The lowest BCUT2D eigenvalue weighted by Crippen LogP contribution is -2.30. The molecule has 67 heavy (non-hydrogen) atoms. The van der Waals surface area contributed by atoms with Gasteiger partial charge in [0.25, 0.3) is 0 Å². The van der Waals surface area contributed by atoms with E-state index in [1.807, 2.05) is 0 Å². The summed E-state index contributed by atoms with van der Waals surface area (Å²) in [5.74, 6) is -0.876. The summed E-state index contributed by atoms with van der Waals surface area (Å²) in [6, 6.07) is 0. The standard InChI is InChI=1S/C61H112O6/c1-4-7-10-13-16-19-22-25-27-29-31-33-34-36-39-42-45-48-51-54-60(63)66-57-58(56-65-59(62)53-50-47-44-41-38-24-21-18-15-12-9-6-3)67-61(64)55-52-49-46-43-40-37-35-32-30-28-26-23-20-17-14-11-8-5-2/h23,26,28,30,32,35,58H,4-22,24-25,27,29,31,33-34,36-57H2,1-3H3/b26-23-,30-28-,35-32-. The molecule has 0 amide bonds. The van der Waals surface area contributed by atoms with E-state index in [1.165, 1.54) is 199 Å². The normalized spacial score (nSPS) is 12.2. The minimum atomic E-state index is -0.778. The molecule has 0 bridgehead atoms. The van der Waals surface area contributed by atoms with Crippen molar-refractivity contribution in [1.82, 2.24) is 0 Å². The fraction of sp³-hybridized carbons (Fsp3) is 0.852. The molecule has 1 unspecified atom stereocenters. The van der Waals surface area contributed by atoms with E-state index >= 15 is 0 Å². The fourth-order valence-corrected chi connectivity index (χ4v) is 8.74. The van der Waals surface area contributed by atoms with Crippen LogP contribution in [0.25, 0.3) is 0 Å². The first-order valence-corrected chi connectivity index (χ1v) is 29.5. The first-order chi connectivity index (χ1) is 33.0. The molecule has 0 radical (unpaired) electrons. The van der Waals surface area contributed by atoms with E-state index in [-0.39, 0.29) is 31.1 Å². The van der Waals surface area contributed by atoms with Gasteiger partial charge in [-0.05, 0) is 44.9 Å². The largest absolute Gasteiger partial charge is 0.462 e. The van der Waals surface area contributed by atoms with Crippen molar-refractivity contribution in [3.8, 4) is 0 Å². The smallest absolute Gasteiger partial charge is 0.306 e. The van der Waals surface area contributed by atoms with Crippen LogP contribution in [-0.4, -0.2) is 37.2 Å². The van der Waals surface area contributed by atoms with Crippen LogP contribution in [0.5, 0.6) is 0 Å². The van der Waals surface area contributed by atoms with Crippen molar-refractivity contribution in [1.29, 1.82) is 0 Å². The quantitative estimate of drug-likeness (QED) is 0.0262. The van der Waals surface area contributed by atoms with Gasteiger partial charge in [0.15, 0.2) is 6.10 Å². The zero-order valence-corrected chi connectivity index (χ0v) is 44.9. The monoisotopic (exact) mass is 941 g/mol. The number of ether oxygens (including phenoxy) is 3. The highest BCUT2D eigenvalue weighted by atomic mass is 16.6. The number of carbonyl (C=O) groups excluding carboxylic acids is 3. The van der Waals surface area contributed by atoms with Gasteiger partial charge in [-0.2, -0.15) is 0 Å². The molecule has 6 heteroatoms. The fourth-order valence-electron chi connectivity index (χ4n) is 8.74. The van der Waals surface area contributed by atoms with Crippen molar-refractivity contribution in [2.45, 2.75) is 322 Å². The molecule has 0 saturated heterocycles. The summed E-state index contributed by atoms with van der Waals surface area (Å²) in [6.07, 6.45) is 67.1. The molecule has 0 saturated carbocycles. The molecule has 0 N–H and O–H groups in total. The minimum Gasteiger partial charge on any atom is -0.462 e. The maximum absolute atomic E-state index is 12.8. The molecule has 0 spiro atoms. The molecule has 0 rings (SSSR count). The average molecular weight is 942 g/mol. The molecular weight excluding hydrogens is 829 g/mol. The lowest BCUT2D eigenvalue weighted by Gasteiger charge is -2.18. The number of esters is 3. The summed E-state index contributed by atoms with van der Waals surface area (Å²) < 4.78 is 16.9. The van der Waals surface area contributed by atoms with Crippen molar-refractivity contribution in [2.75, 3.05) is 13.2 Å². The zero-order valence-electron chi connectivity index (χ0n) is 44.9. The number of unbranched alkanes of at least 4 members (excludes halogenated alkanes) is 39. The lowest BCUT2D eigenvalue weighted by molar-refractivity contribution is -0.167. The molecule has 0 aliphatic carbocycles. The summed E-state index contributed by atoms with van der Waals surface area (Å²) in [5.41, 5.74) is 0. The van der Waals surface area contributed by atoms with Gasteiger partial charge in [-0.15, -0.1) is 0 Å². The Bertz CT molecular complexity index is 1130. The van der Waals surface area contributed by atoms with Gasteiger partial charge in [-0.25, -0.2) is 0 Å². The van der Waals surface area contributed by atoms with Gasteiger partial charge in [0.2, 0.25) is 0 Å². The molecule has 0 aliphatic rings. The number of allylic oxidation sites excluding steroid dienone is 6. The second-order valence-corrected chi connectivity index (χ2v) is 20.0. The Balaban J connectivity index is 4.34. The Labute approximate surface area is 416 Å². The second-order valence-electron chi connectivity index (χ2n) is 20.0. The molecule has 392 valence electrons. The summed E-state index contributed by atoms with van der Waals surface area (Å²) in [7, 11) is 0. The van der Waals surface area contributed by atoms with Crippen molar-refractivity contribution in [3.05, 3.63) is 36.5 Å². The Morgan fingerprint density at radius 1 is 0.299 bits per heavy atom. The Morgan fingerprint density at radius 2 is 0.537 bits per heavy atom. The predicted octanol–water partition coefficient (Wildman–Crippen LogP) is 19.7. The van der Waals surface area contributed by atoms with Gasteiger partial charge in [0, 0.05) is 19.3 Å². The molecule has 1 atom stereocenters. The van der Waals surface area contributed by atoms with Crippen LogP contribution < -0.4 is 0 Å². The Kier molecular flexibility index (Phi) is 54.2. The molecule has 0 aromatic carbocycles. The first kappa shape index (κ1) is 64.6. The van der Waals surface area contributed by atoms with Crippen molar-refractivity contribution < 1.29 is 28.6 Å². The maximum atomic E-state index is 12.8. The molecule has 0 heterocycles. The van der Waals surface area contributed by atoms with Crippen LogP contribution >= 0.6 is 0 Å². The highest BCUT2D eigenvalue weighted by Gasteiger charge is 2.19. The van der Waals surface area contributed by atoms with E-state index in [9.17, 15) is 14.4 Å². The highest BCUT2D eigenvalue weighted by Crippen LogP contribution is 2.17. The molecule has 0 aliphatic heterocycles. The Morgan fingerprint density at radius 3 is 0.821 bits per heavy atom. The van der Waals surface area contributed by atoms with Gasteiger partial charge in [0.1, 0.15) is 13.2 Å². The number of carbonyl (C=O) groups is 3. The zero-order chi connectivity index (χ0) is 48.6. The van der Waals surface area contributed by atoms with Gasteiger partial charge in [0.05, 0.1) is 0 Å². The van der Waals surface area contributed by atoms with E-state index in [1.54, 1.807) is 0 Å². The summed E-state index contributed by atoms with van der Waals surface area (Å²) in [5, 5.41) is 0. The van der Waals surface area contributed by atoms with Gasteiger partial charge in [-0.1, -0.05) is 288 Å². The van der Waals surface area contributed by atoms with Gasteiger partial charge in [-0.3, -0.25) is 14.4 Å². The lowest BCUT2D eigenvalue weighted by atomic mass is 10.0. The van der Waals surface area contributed by atoms with Crippen molar-refractivity contribution in [2.24, 2.45) is 0 Å². The van der Waals surface area contributed by atoms with Crippen molar-refractivity contribution >= 4 is 17.9 Å². The summed E-state index contributed by atoms with van der Waals surface area (Å²) >= 11 is 0. The van der Waals surface area contributed by atoms with Crippen LogP contribution in [0.2, 0.25) is 0 Å². The first-order valence-electron chi connectivity index (χ1n) is 29.5. The van der Waals surface area contributed by atoms with E-state index < -0.39 is 6.10 Å². The summed E-state index contributed by atoms with van der Waals surface area (Å²) in [6.45, 7) is 6.65. The summed E-state index contributed by atoms with van der Waals surface area (Å²) in [4.78, 5) is 38.1. The third kappa shape index (κ3) is 54.4. The molecule has 0 fully saturated rings. The van der Waals surface area contributed by atoms with Gasteiger partial charge < -0.3 is 14.2 Å². The van der Waals surface area contributed by atoms with Crippen LogP contribution in [-0.2, 0) is 28.6 Å². The van der Waals surface area contributed by atoms with E-state index in [0.717, 1.165) is 77.0 Å². The molecule has 6 nitrogen and oxygen atoms in total. The van der Waals surface area contributed by atoms with E-state index in [0.29, 0.717) is 19.3 Å². The highest BCUT2D eigenvalue weighted by molar-refractivity contribution is 5.71. The van der Waals surface area contributed by atoms with Crippen molar-refractivity contribution in [3.63, 3.8) is 0 Å². The SMILES string of the molecule is CCCCCCC\C=C/C=C\C=C/CCCCCCCC(=O)OC(COC(=O)CCCCCCCCCCCCCC)COC(=O)CCCCCCCCCCCCCCCCCCCCC. The molecule has 0 aromatic heterocycles. The van der Waals surface area contributed by atoms with Crippen LogP contribution in [0.4, 0.5) is 0 Å². The van der Waals surface area contributed by atoms with E-state index in [4.69, 9.17) is 14.2 Å². The number of hydrogen-bond acceptors (Lipinski definition) is 6. The average Bonchev–Trinajstić information content (AvgIpc) is 3.33. The number of hydrogen-bond donors (Lipinski definition) is 0. The third-order valence-electron chi connectivity index (χ3n) is 13.2. The second kappa shape index (κ2) is 56.2. The van der Waals surface area contributed by atoms with E-state index in [2.05, 4.69) is 57.2 Å². The minimum absolute atomic E-state index is 0.0757. The maximum Gasteiger partial charge on any atom is 0.306 e. The van der Waals surface area contributed by atoms with Crippen LogP contribution in [0.3, 0.4) is 0 Å². The molecule has 0 aromatic rings. The Hall–Kier alpha value is -2.37. The van der Waals surface area contributed by atoms with Gasteiger partial charge >= 0.3 is 17.9 Å². The predicted molar refractivity (Wildman–Crippen MR) is 289 cm³/mol. The number of rotatable bonds is 54. The van der Waals surface area contributed by atoms with Crippen LogP contribution in [0.1, 0.15) is 316 Å².